The first-order valence-corrected chi connectivity index (χ1v) is 9.80. The van der Waals surface area contributed by atoms with E-state index in [0.717, 1.165) is 17.5 Å². The minimum absolute atomic E-state index is 0.00467. The molecule has 2 aromatic carbocycles. The highest BCUT2D eigenvalue weighted by Crippen LogP contribution is 2.24. The summed E-state index contributed by atoms with van der Waals surface area (Å²) in [6.45, 7) is 5.56. The summed E-state index contributed by atoms with van der Waals surface area (Å²) in [7, 11) is 1.57. The van der Waals surface area contributed by atoms with Crippen LogP contribution in [0, 0.1) is 6.92 Å². The molecule has 0 N–H and O–H groups in total. The summed E-state index contributed by atoms with van der Waals surface area (Å²) in [6.07, 6.45) is 1.14. The molecular formula is C23H28N2O3. The van der Waals surface area contributed by atoms with Crippen molar-refractivity contribution in [3.8, 4) is 5.75 Å². The second-order valence-electron chi connectivity index (χ2n) is 7.27. The number of ether oxygens (including phenoxy) is 1. The van der Waals surface area contributed by atoms with Crippen molar-refractivity contribution in [2.45, 2.75) is 39.3 Å². The topological polar surface area (TPSA) is 49.9 Å². The standard InChI is InChI=1S/C23H28N2O3/c1-4-19-16-24(23(27)20-14-17(2)10-11-21(20)28-3)13-12-22(26)25(19)15-18-8-6-5-7-9-18/h5-11,14,19H,4,12-13,15-16H2,1-3H3. The van der Waals surface area contributed by atoms with Gasteiger partial charge in [0.25, 0.3) is 5.91 Å². The first-order chi connectivity index (χ1) is 13.5. The largest absolute Gasteiger partial charge is 0.496 e. The van der Waals surface area contributed by atoms with Crippen molar-refractivity contribution < 1.29 is 14.3 Å². The van der Waals surface area contributed by atoms with E-state index in [4.69, 9.17) is 4.74 Å². The van der Waals surface area contributed by atoms with Crippen LogP contribution in [0.15, 0.2) is 48.5 Å². The van der Waals surface area contributed by atoms with Crippen molar-refractivity contribution in [1.82, 2.24) is 9.80 Å². The van der Waals surface area contributed by atoms with Crippen LogP contribution in [-0.2, 0) is 11.3 Å². The summed E-state index contributed by atoms with van der Waals surface area (Å²) in [4.78, 5) is 29.8. The Morgan fingerprint density at radius 3 is 2.61 bits per heavy atom. The number of amides is 2. The number of hydrogen-bond donors (Lipinski definition) is 0. The summed E-state index contributed by atoms with van der Waals surface area (Å²) in [5, 5.41) is 0. The normalized spacial score (nSPS) is 17.4. The van der Waals surface area contributed by atoms with Crippen LogP contribution in [0.2, 0.25) is 0 Å². The summed E-state index contributed by atoms with van der Waals surface area (Å²) < 4.78 is 5.39. The molecule has 0 saturated carbocycles. The molecule has 0 aliphatic carbocycles. The van der Waals surface area contributed by atoms with Gasteiger partial charge in [-0.05, 0) is 31.0 Å². The van der Waals surface area contributed by atoms with Crippen LogP contribution in [0.3, 0.4) is 0 Å². The molecule has 1 unspecified atom stereocenters. The summed E-state index contributed by atoms with van der Waals surface area (Å²) in [5.74, 6) is 0.593. The van der Waals surface area contributed by atoms with Crippen LogP contribution in [0.5, 0.6) is 5.75 Å². The number of methoxy groups -OCH3 is 1. The number of aryl methyl sites for hydroxylation is 1. The van der Waals surface area contributed by atoms with E-state index >= 15 is 0 Å². The monoisotopic (exact) mass is 380 g/mol. The van der Waals surface area contributed by atoms with E-state index in [9.17, 15) is 9.59 Å². The molecule has 1 aliphatic heterocycles. The Hall–Kier alpha value is -2.82. The van der Waals surface area contributed by atoms with Crippen molar-refractivity contribution in [1.29, 1.82) is 0 Å². The third-order valence-electron chi connectivity index (χ3n) is 5.33. The van der Waals surface area contributed by atoms with Crippen molar-refractivity contribution >= 4 is 11.8 Å². The molecule has 1 saturated heterocycles. The molecule has 0 aromatic heterocycles. The minimum Gasteiger partial charge on any atom is -0.496 e. The Labute approximate surface area is 166 Å². The summed E-state index contributed by atoms with van der Waals surface area (Å²) in [5.41, 5.74) is 2.67. The van der Waals surface area contributed by atoms with Gasteiger partial charge in [0.2, 0.25) is 5.91 Å². The average Bonchev–Trinajstić information content (AvgIpc) is 2.87. The summed E-state index contributed by atoms with van der Waals surface area (Å²) in [6, 6.07) is 15.6. The molecule has 1 fully saturated rings. The molecule has 0 radical (unpaired) electrons. The van der Waals surface area contributed by atoms with Crippen molar-refractivity contribution in [3.05, 3.63) is 65.2 Å². The van der Waals surface area contributed by atoms with Crippen LogP contribution in [0.1, 0.15) is 41.3 Å². The fraction of sp³-hybridized carbons (Fsp3) is 0.391. The lowest BCUT2D eigenvalue weighted by atomic mass is 10.1. The lowest BCUT2D eigenvalue weighted by Crippen LogP contribution is -2.43. The Morgan fingerprint density at radius 2 is 1.93 bits per heavy atom. The second-order valence-corrected chi connectivity index (χ2v) is 7.27. The van der Waals surface area contributed by atoms with Gasteiger partial charge >= 0.3 is 0 Å². The van der Waals surface area contributed by atoms with Gasteiger partial charge in [-0.3, -0.25) is 9.59 Å². The molecule has 148 valence electrons. The van der Waals surface area contributed by atoms with Gasteiger partial charge in [0, 0.05) is 32.1 Å². The Bertz CT molecular complexity index is 835. The maximum atomic E-state index is 13.2. The Kier molecular flexibility index (Phi) is 6.34. The van der Waals surface area contributed by atoms with Crippen molar-refractivity contribution in [3.63, 3.8) is 0 Å². The molecule has 5 heteroatoms. The Morgan fingerprint density at radius 1 is 1.18 bits per heavy atom. The van der Waals surface area contributed by atoms with E-state index in [1.54, 1.807) is 12.0 Å². The first kappa shape index (κ1) is 19.9. The fourth-order valence-electron chi connectivity index (χ4n) is 3.71. The van der Waals surface area contributed by atoms with E-state index in [2.05, 4.69) is 6.92 Å². The van der Waals surface area contributed by atoms with Crippen LogP contribution in [0.25, 0.3) is 0 Å². The molecule has 0 bridgehead atoms. The molecular weight excluding hydrogens is 352 g/mol. The zero-order valence-electron chi connectivity index (χ0n) is 16.9. The third kappa shape index (κ3) is 4.35. The average molecular weight is 380 g/mol. The van der Waals surface area contributed by atoms with Gasteiger partial charge in [0.1, 0.15) is 5.75 Å². The van der Waals surface area contributed by atoms with Gasteiger partial charge in [0.15, 0.2) is 0 Å². The highest BCUT2D eigenvalue weighted by Gasteiger charge is 2.31. The number of carbonyl (C=O) groups excluding carboxylic acids is 2. The maximum Gasteiger partial charge on any atom is 0.257 e. The van der Waals surface area contributed by atoms with Gasteiger partial charge in [-0.15, -0.1) is 0 Å². The van der Waals surface area contributed by atoms with Gasteiger partial charge < -0.3 is 14.5 Å². The molecule has 1 heterocycles. The molecule has 1 aliphatic rings. The van der Waals surface area contributed by atoms with E-state index in [-0.39, 0.29) is 17.9 Å². The van der Waals surface area contributed by atoms with Crippen LogP contribution < -0.4 is 4.74 Å². The maximum absolute atomic E-state index is 13.2. The van der Waals surface area contributed by atoms with Gasteiger partial charge in [-0.1, -0.05) is 48.9 Å². The molecule has 0 spiro atoms. The lowest BCUT2D eigenvalue weighted by Gasteiger charge is -2.31. The van der Waals surface area contributed by atoms with Gasteiger partial charge in [-0.25, -0.2) is 0 Å². The minimum atomic E-state index is -0.0756. The lowest BCUT2D eigenvalue weighted by molar-refractivity contribution is -0.133. The molecule has 5 nitrogen and oxygen atoms in total. The molecule has 1 atom stereocenters. The smallest absolute Gasteiger partial charge is 0.257 e. The number of hydrogen-bond acceptors (Lipinski definition) is 3. The number of carbonyl (C=O) groups is 2. The zero-order chi connectivity index (χ0) is 20.1. The Balaban J connectivity index is 1.83. The molecule has 28 heavy (non-hydrogen) atoms. The highest BCUT2D eigenvalue weighted by atomic mass is 16.5. The third-order valence-corrected chi connectivity index (χ3v) is 5.33. The zero-order valence-corrected chi connectivity index (χ0v) is 16.9. The highest BCUT2D eigenvalue weighted by molar-refractivity contribution is 5.97. The van der Waals surface area contributed by atoms with Crippen LogP contribution in [-0.4, -0.2) is 47.9 Å². The van der Waals surface area contributed by atoms with E-state index in [1.165, 1.54) is 0 Å². The predicted molar refractivity (Wildman–Crippen MR) is 109 cm³/mol. The second kappa shape index (κ2) is 8.91. The van der Waals surface area contributed by atoms with Crippen molar-refractivity contribution in [2.24, 2.45) is 0 Å². The molecule has 2 amide bonds. The van der Waals surface area contributed by atoms with E-state index < -0.39 is 0 Å². The number of benzene rings is 2. The quantitative estimate of drug-likeness (QED) is 0.795. The van der Waals surface area contributed by atoms with Gasteiger partial charge in [-0.2, -0.15) is 0 Å². The van der Waals surface area contributed by atoms with E-state index in [1.807, 2.05) is 60.4 Å². The predicted octanol–water partition coefficient (Wildman–Crippen LogP) is 3.66. The number of nitrogens with zero attached hydrogens (tertiary/aromatic N) is 2. The van der Waals surface area contributed by atoms with Crippen LogP contribution in [0.4, 0.5) is 0 Å². The fourth-order valence-corrected chi connectivity index (χ4v) is 3.71. The number of rotatable bonds is 5. The molecule has 3 rings (SSSR count). The van der Waals surface area contributed by atoms with Gasteiger partial charge in [0.05, 0.1) is 12.7 Å². The SMILES string of the molecule is CCC1CN(C(=O)c2cc(C)ccc2OC)CCC(=O)N1Cc1ccccc1. The summed E-state index contributed by atoms with van der Waals surface area (Å²) >= 11 is 0. The van der Waals surface area contributed by atoms with Crippen molar-refractivity contribution in [2.75, 3.05) is 20.2 Å². The first-order valence-electron chi connectivity index (χ1n) is 9.80. The molecule has 2 aromatic rings. The van der Waals surface area contributed by atoms with Crippen LogP contribution >= 0.6 is 0 Å². The van der Waals surface area contributed by atoms with E-state index in [0.29, 0.717) is 37.4 Å².